The fourth-order valence-corrected chi connectivity index (χ4v) is 0.997. The van der Waals surface area contributed by atoms with Gasteiger partial charge in [0.05, 0.1) is 0 Å². The molecule has 0 saturated heterocycles. The summed E-state index contributed by atoms with van der Waals surface area (Å²) >= 11 is 5.98. The van der Waals surface area contributed by atoms with E-state index in [9.17, 15) is 0 Å². The van der Waals surface area contributed by atoms with Crippen LogP contribution in [0.15, 0.2) is 0 Å². The molecule has 0 aromatic carbocycles. The summed E-state index contributed by atoms with van der Waals surface area (Å²) in [6.07, 6.45) is 3.36. The third-order valence-electron chi connectivity index (χ3n) is 0.830. The maximum Gasteiger partial charge on any atom is 0.00917 e. The molecule has 0 spiro atoms. The number of rotatable bonds is 4. The first-order chi connectivity index (χ1) is 3.77. The van der Waals surface area contributed by atoms with E-state index in [2.05, 4.69) is 19.1 Å². The lowest BCUT2D eigenvalue weighted by atomic mass is 10.5. The van der Waals surface area contributed by atoms with Gasteiger partial charge in [-0.15, -0.1) is 0 Å². The lowest BCUT2D eigenvalue weighted by Gasteiger charge is -2.05. The van der Waals surface area contributed by atoms with Crippen molar-refractivity contribution in [2.75, 3.05) is 25.6 Å². The molecular formula is C5H13NS2. The highest BCUT2D eigenvalue weighted by Crippen LogP contribution is 1.97. The number of hydrogen-bond acceptors (Lipinski definition) is 3. The highest BCUT2D eigenvalue weighted by atomic mass is 32.2. The van der Waals surface area contributed by atoms with Gasteiger partial charge in [-0.25, -0.2) is 0 Å². The molecule has 0 saturated carbocycles. The molecule has 0 heterocycles. The van der Waals surface area contributed by atoms with Crippen LogP contribution in [0.3, 0.4) is 0 Å². The van der Waals surface area contributed by atoms with Gasteiger partial charge in [0.25, 0.3) is 0 Å². The Morgan fingerprint density at radius 2 is 2.25 bits per heavy atom. The maximum atomic E-state index is 4.09. The van der Waals surface area contributed by atoms with Crippen LogP contribution < -0.4 is 0 Å². The second kappa shape index (κ2) is 5.79. The van der Waals surface area contributed by atoms with Crippen LogP contribution in [0, 0.1) is 0 Å². The molecule has 0 N–H and O–H groups in total. The quantitative estimate of drug-likeness (QED) is 0.479. The molecule has 0 unspecified atom stereocenters. The first kappa shape index (κ1) is 8.66. The molecule has 0 atom stereocenters. The first-order valence-corrected chi connectivity index (χ1v) is 4.45. The van der Waals surface area contributed by atoms with Crippen molar-refractivity contribution in [2.24, 2.45) is 0 Å². The van der Waals surface area contributed by atoms with Gasteiger partial charge in [0, 0.05) is 6.54 Å². The number of thioether (sulfide) groups is 1. The van der Waals surface area contributed by atoms with Crippen LogP contribution in [0.5, 0.6) is 0 Å². The van der Waals surface area contributed by atoms with Crippen molar-refractivity contribution in [1.82, 2.24) is 4.31 Å². The maximum absolute atomic E-state index is 4.09. The number of nitrogens with zero attached hydrogens (tertiary/aromatic N) is 1. The summed E-state index contributed by atoms with van der Waals surface area (Å²) in [5, 5.41) is 0. The van der Waals surface area contributed by atoms with Crippen LogP contribution in [0.4, 0.5) is 0 Å². The Morgan fingerprint density at radius 1 is 1.62 bits per heavy atom. The molecule has 0 aliphatic rings. The van der Waals surface area contributed by atoms with E-state index in [1.165, 1.54) is 12.2 Å². The van der Waals surface area contributed by atoms with Gasteiger partial charge < -0.3 is 0 Å². The molecule has 3 heteroatoms. The zero-order chi connectivity index (χ0) is 6.41. The summed E-state index contributed by atoms with van der Waals surface area (Å²) in [6, 6.07) is 0. The predicted molar refractivity (Wildman–Crippen MR) is 44.6 cm³/mol. The average Bonchev–Trinajstić information content (AvgIpc) is 1.66. The van der Waals surface area contributed by atoms with Gasteiger partial charge in [-0.05, 0) is 25.5 Å². The van der Waals surface area contributed by atoms with Crippen LogP contribution in [-0.2, 0) is 0 Å². The molecule has 0 aliphatic carbocycles. The van der Waals surface area contributed by atoms with Crippen molar-refractivity contribution >= 4 is 24.6 Å². The van der Waals surface area contributed by atoms with E-state index < -0.39 is 0 Å². The Balaban J connectivity index is 2.72. The Labute approximate surface area is 61.4 Å². The van der Waals surface area contributed by atoms with Crippen molar-refractivity contribution in [3.05, 3.63) is 0 Å². The largest absolute Gasteiger partial charge is 0.256 e. The summed E-state index contributed by atoms with van der Waals surface area (Å²) < 4.78 is 1.91. The standard InChI is InChI=1S/C5H13NS2/c1-6(7)4-3-5-8-2/h7H,3-5H2,1-2H3. The fourth-order valence-electron chi connectivity index (χ4n) is 0.438. The van der Waals surface area contributed by atoms with Crippen LogP contribution in [0.1, 0.15) is 6.42 Å². The monoisotopic (exact) mass is 151 g/mol. The van der Waals surface area contributed by atoms with Crippen molar-refractivity contribution in [3.8, 4) is 0 Å². The zero-order valence-corrected chi connectivity index (χ0v) is 7.13. The van der Waals surface area contributed by atoms with E-state index in [4.69, 9.17) is 0 Å². The summed E-state index contributed by atoms with van der Waals surface area (Å²) in [6.45, 7) is 1.09. The van der Waals surface area contributed by atoms with Gasteiger partial charge in [0.1, 0.15) is 0 Å². The number of hydrogen-bond donors (Lipinski definition) is 1. The molecule has 8 heavy (non-hydrogen) atoms. The highest BCUT2D eigenvalue weighted by Gasteiger charge is 1.87. The van der Waals surface area contributed by atoms with Crippen LogP contribution in [0.25, 0.3) is 0 Å². The molecule has 0 radical (unpaired) electrons. The van der Waals surface area contributed by atoms with Crippen LogP contribution >= 0.6 is 24.6 Å². The fraction of sp³-hybridized carbons (Fsp3) is 1.00. The van der Waals surface area contributed by atoms with Gasteiger partial charge >= 0.3 is 0 Å². The summed E-state index contributed by atoms with van der Waals surface area (Å²) in [5.41, 5.74) is 0. The average molecular weight is 151 g/mol. The molecule has 0 fully saturated rings. The molecule has 0 aliphatic heterocycles. The predicted octanol–water partition coefficient (Wildman–Crippen LogP) is 1.52. The van der Waals surface area contributed by atoms with Gasteiger partial charge in [-0.3, -0.25) is 4.31 Å². The summed E-state index contributed by atoms with van der Waals surface area (Å²) in [5.74, 6) is 1.24. The van der Waals surface area contributed by atoms with Crippen LogP contribution in [-0.4, -0.2) is 29.9 Å². The third-order valence-corrected chi connectivity index (χ3v) is 1.73. The first-order valence-electron chi connectivity index (χ1n) is 2.66. The second-order valence-electron chi connectivity index (χ2n) is 1.73. The Bertz CT molecular complexity index is 47.7. The Morgan fingerprint density at radius 3 is 2.62 bits per heavy atom. The minimum absolute atomic E-state index is 1.09. The van der Waals surface area contributed by atoms with Crippen molar-refractivity contribution in [2.45, 2.75) is 6.42 Å². The summed E-state index contributed by atoms with van der Waals surface area (Å²) in [7, 11) is 1.98. The second-order valence-corrected chi connectivity index (χ2v) is 3.40. The van der Waals surface area contributed by atoms with E-state index in [-0.39, 0.29) is 0 Å². The van der Waals surface area contributed by atoms with Crippen molar-refractivity contribution in [3.63, 3.8) is 0 Å². The lowest BCUT2D eigenvalue weighted by molar-refractivity contribution is 0.569. The molecule has 0 aromatic heterocycles. The molecule has 1 nitrogen and oxygen atoms in total. The van der Waals surface area contributed by atoms with Crippen molar-refractivity contribution in [1.29, 1.82) is 0 Å². The molecule has 0 bridgehead atoms. The molecular weight excluding hydrogens is 138 g/mol. The van der Waals surface area contributed by atoms with Crippen molar-refractivity contribution < 1.29 is 0 Å². The molecule has 0 aromatic rings. The highest BCUT2D eigenvalue weighted by molar-refractivity contribution is 7.98. The SMILES string of the molecule is CSCCCN(C)S. The Kier molecular flexibility index (Phi) is 6.27. The van der Waals surface area contributed by atoms with E-state index in [0.29, 0.717) is 0 Å². The lowest BCUT2D eigenvalue weighted by Crippen LogP contribution is -2.06. The third kappa shape index (κ3) is 6.66. The van der Waals surface area contributed by atoms with Gasteiger partial charge in [0.2, 0.25) is 0 Å². The van der Waals surface area contributed by atoms with E-state index in [1.54, 1.807) is 0 Å². The molecule has 50 valence electrons. The van der Waals surface area contributed by atoms with Crippen LogP contribution in [0.2, 0.25) is 0 Å². The summed E-state index contributed by atoms with van der Waals surface area (Å²) in [4.78, 5) is 0. The van der Waals surface area contributed by atoms with Gasteiger partial charge in [-0.1, -0.05) is 12.8 Å². The van der Waals surface area contributed by atoms with Gasteiger partial charge in [-0.2, -0.15) is 11.8 Å². The van der Waals surface area contributed by atoms with E-state index in [1.807, 2.05) is 23.1 Å². The van der Waals surface area contributed by atoms with Gasteiger partial charge in [0.15, 0.2) is 0 Å². The van der Waals surface area contributed by atoms with E-state index in [0.717, 1.165) is 6.54 Å². The minimum Gasteiger partial charge on any atom is -0.256 e. The number of thiol groups is 1. The normalized spacial score (nSPS) is 10.5. The molecule has 0 rings (SSSR count). The Hall–Kier alpha value is 0.660. The molecule has 0 amide bonds. The topological polar surface area (TPSA) is 3.24 Å². The zero-order valence-electron chi connectivity index (χ0n) is 5.42. The van der Waals surface area contributed by atoms with E-state index >= 15 is 0 Å². The minimum atomic E-state index is 1.09. The smallest absolute Gasteiger partial charge is 0.00917 e.